The maximum absolute atomic E-state index is 15.0. The molecule has 2 aromatic carbocycles. The topological polar surface area (TPSA) is 119 Å². The van der Waals surface area contributed by atoms with Crippen LogP contribution in [0, 0.1) is 5.82 Å². The fraction of sp³-hybridized carbons (Fsp3) is 0.333. The number of halogens is 6. The largest absolute Gasteiger partial charge is 0.493 e. The van der Waals surface area contributed by atoms with Crippen molar-refractivity contribution in [1.82, 2.24) is 10.4 Å². The van der Waals surface area contributed by atoms with Gasteiger partial charge in [-0.05, 0) is 43.0 Å². The monoisotopic (exact) mass is 571 g/mol. The van der Waals surface area contributed by atoms with E-state index in [0.717, 1.165) is 6.07 Å². The number of rotatable bonds is 10. The number of hydrogen-bond acceptors (Lipinski definition) is 5. The number of ether oxygens (including phenoxy) is 1. The van der Waals surface area contributed by atoms with Gasteiger partial charge < -0.3 is 21.0 Å². The van der Waals surface area contributed by atoms with Crippen LogP contribution in [0.3, 0.4) is 0 Å². The normalized spacial score (nSPS) is 11.7. The van der Waals surface area contributed by atoms with E-state index < -0.39 is 30.4 Å². The van der Waals surface area contributed by atoms with Crippen molar-refractivity contribution >= 4 is 5.84 Å². The van der Waals surface area contributed by atoms with Crippen LogP contribution in [-0.2, 0) is 0 Å². The second kappa shape index (κ2) is 15.0. The quantitative estimate of drug-likeness (QED) is 0.0561. The predicted molar refractivity (Wildman–Crippen MR) is 142 cm³/mol. The van der Waals surface area contributed by atoms with Crippen LogP contribution in [0.5, 0.6) is 5.75 Å². The minimum absolute atomic E-state index is 0.00331. The molecule has 0 unspecified atom stereocenters. The van der Waals surface area contributed by atoms with Crippen LogP contribution >= 0.6 is 0 Å². The van der Waals surface area contributed by atoms with E-state index in [-0.39, 0.29) is 52.6 Å². The highest BCUT2D eigenvalue weighted by Gasteiger charge is 2.25. The second-order valence-corrected chi connectivity index (χ2v) is 8.26. The van der Waals surface area contributed by atoms with E-state index in [9.17, 15) is 26.7 Å². The Morgan fingerprint density at radius 2 is 1.70 bits per heavy atom. The van der Waals surface area contributed by atoms with Gasteiger partial charge in [-0.2, -0.15) is 18.3 Å². The van der Waals surface area contributed by atoms with Gasteiger partial charge >= 0.3 is 6.18 Å². The van der Waals surface area contributed by atoms with Crippen molar-refractivity contribution in [3.05, 3.63) is 75.8 Å². The van der Waals surface area contributed by atoms with Gasteiger partial charge in [0.25, 0.3) is 12.0 Å². The number of pyridine rings is 1. The first-order chi connectivity index (χ1) is 19.0. The van der Waals surface area contributed by atoms with Crippen molar-refractivity contribution in [2.24, 2.45) is 16.8 Å². The summed E-state index contributed by atoms with van der Waals surface area (Å²) in [5.74, 6) is 10.0. The van der Waals surface area contributed by atoms with Crippen LogP contribution in [-0.4, -0.2) is 23.6 Å². The van der Waals surface area contributed by atoms with Crippen LogP contribution in [0.1, 0.15) is 57.1 Å². The maximum atomic E-state index is 15.0. The van der Waals surface area contributed by atoms with Crippen LogP contribution in [0.15, 0.2) is 58.4 Å². The van der Waals surface area contributed by atoms with Gasteiger partial charge in [-0.3, -0.25) is 4.79 Å². The summed E-state index contributed by atoms with van der Waals surface area (Å²) < 4.78 is 83.1. The van der Waals surface area contributed by atoms with E-state index in [4.69, 9.17) is 16.4 Å². The van der Waals surface area contributed by atoms with Crippen molar-refractivity contribution < 1.29 is 31.1 Å². The molecular weight excluding hydrogens is 540 g/mol. The minimum atomic E-state index is -4.20. The van der Waals surface area contributed by atoms with E-state index in [0.29, 0.717) is 18.4 Å². The number of aromatic amines is 1. The molecule has 0 spiro atoms. The molecule has 0 bridgehead atoms. The summed E-state index contributed by atoms with van der Waals surface area (Å²) in [5, 5.41) is 3.45. The fourth-order valence-corrected chi connectivity index (χ4v) is 3.75. The lowest BCUT2D eigenvalue weighted by Crippen LogP contribution is -2.36. The third-order valence-corrected chi connectivity index (χ3v) is 5.61. The second-order valence-electron chi connectivity index (χ2n) is 8.26. The Morgan fingerprint density at radius 3 is 2.25 bits per heavy atom. The third-order valence-electron chi connectivity index (χ3n) is 5.61. The van der Waals surface area contributed by atoms with Gasteiger partial charge in [0, 0.05) is 29.2 Å². The van der Waals surface area contributed by atoms with Gasteiger partial charge in [-0.1, -0.05) is 38.1 Å². The summed E-state index contributed by atoms with van der Waals surface area (Å²) in [7, 11) is 0. The van der Waals surface area contributed by atoms with Crippen molar-refractivity contribution in [2.75, 3.05) is 6.61 Å². The Balaban J connectivity index is 0.00000274. The van der Waals surface area contributed by atoms with Crippen molar-refractivity contribution in [2.45, 2.75) is 52.1 Å². The molecule has 0 saturated heterocycles. The standard InChI is InChI=1S/C25H25F6N5O2.C2H6/c26-19-12-16(38-11-3-1-2-10-25(29,30)31)8-9-17(19)20-13-18(14-4-6-15(7-5-14)22(27)28)21(24(37)34-20)23(35-32)36-33;1-2/h4-9,12-13,22H,1-3,10-11,32-33H2,(H,34,37)(H,35,36);1-2H3. The molecule has 40 heavy (non-hydrogen) atoms. The summed E-state index contributed by atoms with van der Waals surface area (Å²) in [6.07, 6.45) is -7.12. The maximum Gasteiger partial charge on any atom is 0.389 e. The van der Waals surface area contributed by atoms with Crippen molar-refractivity contribution in [1.29, 1.82) is 0 Å². The number of nitrogens with one attached hydrogen (secondary N) is 2. The SMILES string of the molecule is CC.N/N=C(\NN)c1c(-c2ccc(C(F)F)cc2)cc(-c2ccc(OCCCCCC(F)(F)F)cc2F)[nH]c1=O. The van der Waals surface area contributed by atoms with Crippen molar-refractivity contribution in [3.8, 4) is 28.1 Å². The van der Waals surface area contributed by atoms with E-state index >= 15 is 4.39 Å². The predicted octanol–water partition coefficient (Wildman–Crippen LogP) is 6.40. The number of alkyl halides is 5. The third kappa shape index (κ3) is 8.76. The first-order valence-corrected chi connectivity index (χ1v) is 12.4. The molecule has 218 valence electrons. The van der Waals surface area contributed by atoms with Gasteiger partial charge in [0.05, 0.1) is 17.9 Å². The molecule has 0 fully saturated rings. The highest BCUT2D eigenvalue weighted by Crippen LogP contribution is 2.31. The van der Waals surface area contributed by atoms with Crippen LogP contribution in [0.2, 0.25) is 0 Å². The first kappa shape index (κ1) is 32.2. The molecule has 0 radical (unpaired) electrons. The molecule has 0 atom stereocenters. The minimum Gasteiger partial charge on any atom is -0.493 e. The zero-order chi connectivity index (χ0) is 29.9. The van der Waals surface area contributed by atoms with Gasteiger partial charge in [0.2, 0.25) is 0 Å². The molecular formula is C27H31F6N5O2. The molecule has 6 N–H and O–H groups in total. The molecule has 0 aliphatic carbocycles. The Morgan fingerprint density at radius 1 is 1.02 bits per heavy atom. The number of amidine groups is 1. The summed E-state index contributed by atoms with van der Waals surface area (Å²) >= 11 is 0. The summed E-state index contributed by atoms with van der Waals surface area (Å²) in [4.78, 5) is 15.5. The number of hydrazone groups is 1. The Bertz CT molecular complexity index is 1320. The Labute approximate surface area is 227 Å². The van der Waals surface area contributed by atoms with Crippen molar-refractivity contribution in [3.63, 3.8) is 0 Å². The molecule has 0 aliphatic rings. The molecule has 0 amide bonds. The van der Waals surface area contributed by atoms with E-state index in [2.05, 4.69) is 15.5 Å². The number of nitrogens with two attached hydrogens (primary N) is 2. The molecule has 3 aromatic rings. The lowest BCUT2D eigenvalue weighted by molar-refractivity contribution is -0.135. The molecule has 0 aliphatic heterocycles. The molecule has 0 saturated carbocycles. The Kier molecular flexibility index (Phi) is 12.1. The first-order valence-electron chi connectivity index (χ1n) is 12.4. The molecule has 7 nitrogen and oxygen atoms in total. The van der Waals surface area contributed by atoms with Gasteiger partial charge in [-0.15, -0.1) is 0 Å². The molecule has 1 aromatic heterocycles. The number of H-pyrrole nitrogens is 1. The van der Waals surface area contributed by atoms with Crippen LogP contribution < -0.4 is 27.4 Å². The van der Waals surface area contributed by atoms with Gasteiger partial charge in [0.1, 0.15) is 11.6 Å². The molecule has 13 heteroatoms. The van der Waals surface area contributed by atoms with E-state index in [1.54, 1.807) is 0 Å². The number of nitrogens with zero attached hydrogens (tertiary/aromatic N) is 1. The lowest BCUT2D eigenvalue weighted by atomic mass is 9.97. The molecule has 3 rings (SSSR count). The number of unbranched alkanes of at least 4 members (excludes halogenated alkanes) is 2. The summed E-state index contributed by atoms with van der Waals surface area (Å²) in [6.45, 7) is 4.11. The highest BCUT2D eigenvalue weighted by molar-refractivity contribution is 6.04. The average molecular weight is 572 g/mol. The van der Waals surface area contributed by atoms with E-state index in [1.807, 2.05) is 13.8 Å². The van der Waals surface area contributed by atoms with Gasteiger partial charge in [0.15, 0.2) is 5.84 Å². The summed E-state index contributed by atoms with van der Waals surface area (Å²) in [5.41, 5.74) is 1.78. The highest BCUT2D eigenvalue weighted by atomic mass is 19.4. The zero-order valence-electron chi connectivity index (χ0n) is 21.9. The summed E-state index contributed by atoms with van der Waals surface area (Å²) in [6, 6.07) is 10.4. The zero-order valence-corrected chi connectivity index (χ0v) is 21.9. The smallest absolute Gasteiger partial charge is 0.389 e. The Hall–Kier alpha value is -4.00. The molecule has 1 heterocycles. The van der Waals surface area contributed by atoms with Crippen LogP contribution in [0.25, 0.3) is 22.4 Å². The average Bonchev–Trinajstić information content (AvgIpc) is 2.92. The number of aromatic nitrogens is 1. The van der Waals surface area contributed by atoms with Crippen LogP contribution in [0.4, 0.5) is 26.3 Å². The van der Waals surface area contributed by atoms with E-state index in [1.165, 1.54) is 42.5 Å². The number of benzene rings is 2. The lowest BCUT2D eigenvalue weighted by Gasteiger charge is -2.14. The fourth-order valence-electron chi connectivity index (χ4n) is 3.75. The number of hydrazine groups is 1. The van der Waals surface area contributed by atoms with Gasteiger partial charge in [-0.25, -0.2) is 19.0 Å². The number of hydrogen-bond donors (Lipinski definition) is 4.